The Kier molecular flexibility index (Phi) is 5.35. The zero-order valence-corrected chi connectivity index (χ0v) is 12.4. The lowest BCUT2D eigenvalue weighted by atomic mass is 10.2. The van der Waals surface area contributed by atoms with E-state index >= 15 is 0 Å². The maximum atomic E-state index is 11.9. The third-order valence-electron chi connectivity index (χ3n) is 3.42. The molecule has 0 aromatic carbocycles. The van der Waals surface area contributed by atoms with Crippen LogP contribution in [0.15, 0.2) is 22.9 Å². The van der Waals surface area contributed by atoms with Gasteiger partial charge in [-0.1, -0.05) is 12.8 Å². The fourth-order valence-corrected chi connectivity index (χ4v) is 2.89. The Morgan fingerprint density at radius 2 is 2.15 bits per heavy atom. The fraction of sp³-hybridized carbons (Fsp3) is 0.467. The monoisotopic (exact) mass is 292 g/mol. The summed E-state index contributed by atoms with van der Waals surface area (Å²) in [7, 11) is 0. The highest BCUT2D eigenvalue weighted by atomic mass is 32.1. The van der Waals surface area contributed by atoms with E-state index in [9.17, 15) is 9.59 Å². The molecule has 0 unspecified atom stereocenters. The number of hydrogen-bond donors (Lipinski definition) is 2. The van der Waals surface area contributed by atoms with Gasteiger partial charge in [-0.25, -0.2) is 0 Å². The molecule has 20 heavy (non-hydrogen) atoms. The minimum atomic E-state index is -0.504. The van der Waals surface area contributed by atoms with Crippen molar-refractivity contribution in [2.24, 2.45) is 0 Å². The molecular weight excluding hydrogens is 272 g/mol. The number of rotatable bonds is 5. The zero-order valence-electron chi connectivity index (χ0n) is 11.6. The van der Waals surface area contributed by atoms with Crippen molar-refractivity contribution in [2.75, 3.05) is 0 Å². The second-order valence-electron chi connectivity index (χ2n) is 5.11. The zero-order chi connectivity index (χ0) is 14.4. The molecule has 1 aliphatic carbocycles. The molecule has 1 heterocycles. The van der Waals surface area contributed by atoms with Gasteiger partial charge in [-0.3, -0.25) is 9.59 Å². The van der Waals surface area contributed by atoms with Crippen molar-refractivity contribution in [1.82, 2.24) is 10.6 Å². The Labute approximate surface area is 123 Å². The largest absolute Gasteiger partial charge is 0.352 e. The van der Waals surface area contributed by atoms with Crippen molar-refractivity contribution in [1.29, 1.82) is 0 Å². The lowest BCUT2D eigenvalue weighted by Gasteiger charge is -2.17. The van der Waals surface area contributed by atoms with Crippen LogP contribution in [0.4, 0.5) is 0 Å². The van der Waals surface area contributed by atoms with Gasteiger partial charge < -0.3 is 10.6 Å². The Hall–Kier alpha value is -1.62. The standard InChI is InChI=1S/C15H20N2O2S/c1-11(15(19)17-13-4-2-3-5-13)16-14(18)7-6-12-8-9-20-10-12/h6-11,13H,2-5H2,1H3,(H,16,18)(H,17,19)/b7-6-/t11-/m1/s1. The molecule has 1 aromatic heterocycles. The van der Waals surface area contributed by atoms with Crippen LogP contribution in [-0.2, 0) is 9.59 Å². The van der Waals surface area contributed by atoms with Crippen molar-refractivity contribution in [2.45, 2.75) is 44.7 Å². The average molecular weight is 292 g/mol. The van der Waals surface area contributed by atoms with Crippen LogP contribution in [0.1, 0.15) is 38.2 Å². The molecule has 2 rings (SSSR count). The molecule has 0 bridgehead atoms. The van der Waals surface area contributed by atoms with E-state index in [1.54, 1.807) is 24.3 Å². The molecule has 1 saturated carbocycles. The second kappa shape index (κ2) is 7.24. The van der Waals surface area contributed by atoms with Gasteiger partial charge in [-0.05, 0) is 48.2 Å². The van der Waals surface area contributed by atoms with E-state index in [0.29, 0.717) is 0 Å². The normalized spacial score (nSPS) is 17.2. The van der Waals surface area contributed by atoms with E-state index in [0.717, 1.165) is 18.4 Å². The van der Waals surface area contributed by atoms with Gasteiger partial charge in [0, 0.05) is 12.1 Å². The minimum absolute atomic E-state index is 0.103. The molecule has 1 aliphatic rings. The topological polar surface area (TPSA) is 58.2 Å². The second-order valence-corrected chi connectivity index (χ2v) is 5.89. The van der Waals surface area contributed by atoms with Gasteiger partial charge in [0.25, 0.3) is 0 Å². The van der Waals surface area contributed by atoms with E-state index < -0.39 is 6.04 Å². The summed E-state index contributed by atoms with van der Waals surface area (Å²) in [5.41, 5.74) is 0.994. The Morgan fingerprint density at radius 3 is 2.80 bits per heavy atom. The van der Waals surface area contributed by atoms with Gasteiger partial charge in [-0.15, -0.1) is 0 Å². The van der Waals surface area contributed by atoms with Crippen LogP contribution in [0.3, 0.4) is 0 Å². The highest BCUT2D eigenvalue weighted by Crippen LogP contribution is 2.17. The van der Waals surface area contributed by atoms with Gasteiger partial charge in [0.2, 0.25) is 11.8 Å². The summed E-state index contributed by atoms with van der Waals surface area (Å²) in [6.07, 6.45) is 7.65. The predicted molar refractivity (Wildman–Crippen MR) is 81.4 cm³/mol. The summed E-state index contributed by atoms with van der Waals surface area (Å²) in [6.45, 7) is 1.71. The predicted octanol–water partition coefficient (Wildman–Crippen LogP) is 2.32. The Balaban J connectivity index is 1.76. The molecule has 0 aliphatic heterocycles. The number of thiophene rings is 1. The summed E-state index contributed by atoms with van der Waals surface area (Å²) < 4.78 is 0. The molecule has 0 spiro atoms. The molecule has 1 atom stereocenters. The molecular formula is C15H20N2O2S. The number of carbonyl (C=O) groups is 2. The van der Waals surface area contributed by atoms with E-state index in [1.807, 2.05) is 16.8 Å². The molecule has 1 aromatic rings. The van der Waals surface area contributed by atoms with E-state index in [2.05, 4.69) is 10.6 Å². The highest BCUT2D eigenvalue weighted by molar-refractivity contribution is 7.08. The molecule has 0 radical (unpaired) electrons. The number of nitrogens with one attached hydrogen (secondary N) is 2. The lowest BCUT2D eigenvalue weighted by Crippen LogP contribution is -2.47. The number of amides is 2. The summed E-state index contributed by atoms with van der Waals surface area (Å²) >= 11 is 1.58. The van der Waals surface area contributed by atoms with Crippen molar-refractivity contribution in [3.63, 3.8) is 0 Å². The van der Waals surface area contributed by atoms with E-state index in [4.69, 9.17) is 0 Å². The van der Waals surface area contributed by atoms with Crippen LogP contribution in [0.25, 0.3) is 6.08 Å². The summed E-state index contributed by atoms with van der Waals surface area (Å²) in [5, 5.41) is 9.57. The summed E-state index contributed by atoms with van der Waals surface area (Å²) in [6, 6.07) is 1.71. The number of hydrogen-bond acceptors (Lipinski definition) is 3. The van der Waals surface area contributed by atoms with Crippen molar-refractivity contribution in [3.05, 3.63) is 28.5 Å². The fourth-order valence-electron chi connectivity index (χ4n) is 2.27. The van der Waals surface area contributed by atoms with Gasteiger partial charge in [0.05, 0.1) is 0 Å². The van der Waals surface area contributed by atoms with Gasteiger partial charge in [0.1, 0.15) is 6.04 Å². The van der Waals surface area contributed by atoms with Crippen LogP contribution in [-0.4, -0.2) is 23.9 Å². The van der Waals surface area contributed by atoms with Crippen LogP contribution >= 0.6 is 11.3 Å². The van der Waals surface area contributed by atoms with Crippen molar-refractivity contribution < 1.29 is 9.59 Å². The van der Waals surface area contributed by atoms with Gasteiger partial charge in [-0.2, -0.15) is 11.3 Å². The molecule has 2 amide bonds. The first kappa shape index (κ1) is 14.8. The number of carbonyl (C=O) groups excluding carboxylic acids is 2. The summed E-state index contributed by atoms with van der Waals surface area (Å²) in [5.74, 6) is -0.348. The molecule has 1 fully saturated rings. The maximum absolute atomic E-state index is 11.9. The Morgan fingerprint density at radius 1 is 1.40 bits per heavy atom. The van der Waals surface area contributed by atoms with Crippen LogP contribution in [0.5, 0.6) is 0 Å². The molecule has 5 heteroatoms. The third kappa shape index (κ3) is 4.49. The van der Waals surface area contributed by atoms with Crippen LogP contribution in [0.2, 0.25) is 0 Å². The maximum Gasteiger partial charge on any atom is 0.244 e. The minimum Gasteiger partial charge on any atom is -0.352 e. The third-order valence-corrected chi connectivity index (χ3v) is 4.13. The lowest BCUT2D eigenvalue weighted by molar-refractivity contribution is -0.127. The van der Waals surface area contributed by atoms with Gasteiger partial charge in [0.15, 0.2) is 0 Å². The molecule has 4 nitrogen and oxygen atoms in total. The molecule has 108 valence electrons. The van der Waals surface area contributed by atoms with E-state index in [1.165, 1.54) is 18.9 Å². The summed E-state index contributed by atoms with van der Waals surface area (Å²) in [4.78, 5) is 23.6. The van der Waals surface area contributed by atoms with Crippen LogP contribution in [0, 0.1) is 0 Å². The molecule has 2 N–H and O–H groups in total. The van der Waals surface area contributed by atoms with Gasteiger partial charge >= 0.3 is 0 Å². The first-order valence-electron chi connectivity index (χ1n) is 6.96. The first-order valence-corrected chi connectivity index (χ1v) is 7.90. The van der Waals surface area contributed by atoms with E-state index in [-0.39, 0.29) is 17.9 Å². The average Bonchev–Trinajstić information content (AvgIpc) is 3.09. The first-order chi connectivity index (χ1) is 9.65. The van der Waals surface area contributed by atoms with Crippen molar-refractivity contribution in [3.8, 4) is 0 Å². The quantitative estimate of drug-likeness (QED) is 0.818. The smallest absolute Gasteiger partial charge is 0.244 e. The molecule has 0 saturated heterocycles. The Bertz CT molecular complexity index is 476. The van der Waals surface area contributed by atoms with Crippen LogP contribution < -0.4 is 10.6 Å². The van der Waals surface area contributed by atoms with Crippen molar-refractivity contribution >= 4 is 29.2 Å². The highest BCUT2D eigenvalue weighted by Gasteiger charge is 2.21. The SMILES string of the molecule is C[C@@H](NC(=O)/C=C\c1ccsc1)C(=O)NC1CCCC1.